The van der Waals surface area contributed by atoms with Crippen molar-refractivity contribution in [2.75, 3.05) is 0 Å². The molecular weight excluding hydrogens is 206 g/mol. The van der Waals surface area contributed by atoms with Crippen LogP contribution in [0.2, 0.25) is 0 Å². The predicted octanol–water partition coefficient (Wildman–Crippen LogP) is -1.84. The number of rotatable bonds is 2. The van der Waals surface area contributed by atoms with E-state index in [1.54, 1.807) is 0 Å². The summed E-state index contributed by atoms with van der Waals surface area (Å²) in [7, 11) is 0. The van der Waals surface area contributed by atoms with Crippen LogP contribution >= 0.6 is 0 Å². The molecule has 0 aliphatic carbocycles. The minimum atomic E-state index is -1.22. The molecular formula is C4H4K2O5. The summed E-state index contributed by atoms with van der Waals surface area (Å²) in [5.74, 6) is -2.44. The van der Waals surface area contributed by atoms with Crippen molar-refractivity contribution < 1.29 is 24.5 Å². The Labute approximate surface area is 148 Å². The third-order valence-electron chi connectivity index (χ3n) is 0.978. The van der Waals surface area contributed by atoms with Crippen molar-refractivity contribution in [1.82, 2.24) is 0 Å². The van der Waals surface area contributed by atoms with E-state index in [4.69, 9.17) is 10.2 Å². The Morgan fingerprint density at radius 3 is 1.36 bits per heavy atom. The fraction of sp³-hybridized carbons (Fsp3) is 0.500. The summed E-state index contributed by atoms with van der Waals surface area (Å²) >= 11 is 0. The topological polar surface area (TPSA) is 87.1 Å². The van der Waals surface area contributed by atoms with Crippen molar-refractivity contribution in [3.63, 3.8) is 0 Å². The summed E-state index contributed by atoms with van der Waals surface area (Å²) in [4.78, 5) is 19.8. The monoisotopic (exact) mass is 210 g/mol. The normalized spacial score (nSPS) is 25.8. The number of aliphatic carboxylic acids is 2. The maximum atomic E-state index is 9.89. The van der Waals surface area contributed by atoms with Crippen molar-refractivity contribution >= 4 is 115 Å². The second-order valence-electron chi connectivity index (χ2n) is 1.65. The van der Waals surface area contributed by atoms with Crippen molar-refractivity contribution in [2.24, 2.45) is 0 Å². The van der Waals surface area contributed by atoms with E-state index in [9.17, 15) is 9.59 Å². The summed E-state index contributed by atoms with van der Waals surface area (Å²) < 4.78 is 4.24. The molecule has 1 fully saturated rings. The molecule has 1 aliphatic rings. The maximum Gasteiger partial charge on any atom is 0.336 e. The molecule has 2 unspecified atom stereocenters. The van der Waals surface area contributed by atoms with Crippen LogP contribution in [0.15, 0.2) is 0 Å². The molecule has 0 saturated carbocycles. The Kier molecular flexibility index (Phi) is 9.38. The first-order valence-corrected chi connectivity index (χ1v) is 2.24. The second-order valence-corrected chi connectivity index (χ2v) is 1.65. The first-order chi connectivity index (χ1) is 4.13. The summed E-state index contributed by atoms with van der Waals surface area (Å²) in [5.41, 5.74) is 0. The summed E-state index contributed by atoms with van der Waals surface area (Å²) in [5, 5.41) is 16.2. The molecule has 2 radical (unpaired) electrons. The van der Waals surface area contributed by atoms with E-state index in [2.05, 4.69) is 4.74 Å². The zero-order chi connectivity index (χ0) is 7.02. The van der Waals surface area contributed by atoms with Gasteiger partial charge in [0.2, 0.25) is 0 Å². The summed E-state index contributed by atoms with van der Waals surface area (Å²) in [6.45, 7) is 0. The molecule has 52 valence electrons. The summed E-state index contributed by atoms with van der Waals surface area (Å²) in [6.07, 6.45) is -2.25. The Hall–Kier alpha value is 2.17. The Morgan fingerprint density at radius 2 is 1.27 bits per heavy atom. The molecule has 2 N–H and O–H groups in total. The van der Waals surface area contributed by atoms with Crippen LogP contribution in [0, 0.1) is 0 Å². The number of epoxide rings is 1. The fourth-order valence-corrected chi connectivity index (χ4v) is 0.488. The fourth-order valence-electron chi connectivity index (χ4n) is 0.488. The van der Waals surface area contributed by atoms with Gasteiger partial charge in [-0.15, -0.1) is 0 Å². The van der Waals surface area contributed by atoms with E-state index in [0.717, 1.165) is 0 Å². The van der Waals surface area contributed by atoms with Gasteiger partial charge in [0.1, 0.15) is 0 Å². The van der Waals surface area contributed by atoms with Crippen molar-refractivity contribution in [1.29, 1.82) is 0 Å². The van der Waals surface area contributed by atoms with Gasteiger partial charge in [-0.3, -0.25) is 0 Å². The average Bonchev–Trinajstić information content (AvgIpc) is 2.39. The number of carboxylic acid groups (broad SMARTS) is 2. The predicted molar refractivity (Wildman–Crippen MR) is 35.4 cm³/mol. The van der Waals surface area contributed by atoms with Crippen molar-refractivity contribution in [3.05, 3.63) is 0 Å². The molecule has 0 spiro atoms. The smallest absolute Gasteiger partial charge is 0.336 e. The Balaban J connectivity index is 0. The van der Waals surface area contributed by atoms with Crippen LogP contribution in [0.1, 0.15) is 0 Å². The molecule has 1 aliphatic heterocycles. The van der Waals surface area contributed by atoms with Gasteiger partial charge in [-0.25, -0.2) is 9.59 Å². The second kappa shape index (κ2) is 6.60. The van der Waals surface area contributed by atoms with Gasteiger partial charge in [0.15, 0.2) is 12.2 Å². The number of hydrogen-bond acceptors (Lipinski definition) is 3. The number of ether oxygens (including phenoxy) is 1. The minimum absolute atomic E-state index is 0. The molecule has 7 heteroatoms. The molecule has 0 bridgehead atoms. The van der Waals surface area contributed by atoms with Gasteiger partial charge in [0.05, 0.1) is 0 Å². The van der Waals surface area contributed by atoms with Crippen LogP contribution in [0.25, 0.3) is 0 Å². The van der Waals surface area contributed by atoms with Crippen LogP contribution in [0.5, 0.6) is 0 Å². The van der Waals surface area contributed by atoms with Gasteiger partial charge in [-0.1, -0.05) is 0 Å². The van der Waals surface area contributed by atoms with E-state index >= 15 is 0 Å². The molecule has 0 aromatic rings. The van der Waals surface area contributed by atoms with Crippen LogP contribution in [-0.4, -0.2) is 137 Å². The number of hydrogen-bond donors (Lipinski definition) is 2. The summed E-state index contributed by atoms with van der Waals surface area (Å²) in [6, 6.07) is 0. The molecule has 11 heavy (non-hydrogen) atoms. The molecule has 5 nitrogen and oxygen atoms in total. The van der Waals surface area contributed by atoms with Crippen LogP contribution in [-0.2, 0) is 14.3 Å². The van der Waals surface area contributed by atoms with Crippen LogP contribution in [0.4, 0.5) is 0 Å². The van der Waals surface area contributed by atoms with Gasteiger partial charge in [-0.2, -0.15) is 0 Å². The van der Waals surface area contributed by atoms with Gasteiger partial charge < -0.3 is 14.9 Å². The van der Waals surface area contributed by atoms with E-state index in [0.29, 0.717) is 0 Å². The van der Waals surface area contributed by atoms with E-state index in [-0.39, 0.29) is 103 Å². The molecule has 1 saturated heterocycles. The third kappa shape index (κ3) is 4.82. The molecule has 0 aromatic carbocycles. The molecule has 1 rings (SSSR count). The Morgan fingerprint density at radius 1 is 1.00 bits per heavy atom. The van der Waals surface area contributed by atoms with E-state index in [1.807, 2.05) is 0 Å². The van der Waals surface area contributed by atoms with Gasteiger partial charge in [-0.05, 0) is 0 Å². The molecule has 0 amide bonds. The van der Waals surface area contributed by atoms with E-state index in [1.165, 1.54) is 0 Å². The first kappa shape index (κ1) is 15.6. The van der Waals surface area contributed by atoms with Gasteiger partial charge in [0.25, 0.3) is 0 Å². The van der Waals surface area contributed by atoms with E-state index < -0.39 is 24.1 Å². The minimum Gasteiger partial charge on any atom is -0.479 e. The SMILES string of the molecule is O=C(O)C1OC1C(=O)O.[K].[K]. The Bertz CT molecular complexity index is 152. The average molecular weight is 210 g/mol. The third-order valence-corrected chi connectivity index (χ3v) is 0.978. The van der Waals surface area contributed by atoms with Crippen molar-refractivity contribution in [3.8, 4) is 0 Å². The maximum absolute atomic E-state index is 9.89. The van der Waals surface area contributed by atoms with Gasteiger partial charge >= 0.3 is 11.9 Å². The number of carbonyl (C=O) groups is 2. The first-order valence-electron chi connectivity index (χ1n) is 2.24. The quantitative estimate of drug-likeness (QED) is 0.413. The molecule has 0 aromatic heterocycles. The van der Waals surface area contributed by atoms with Crippen LogP contribution < -0.4 is 0 Å². The molecule has 2 atom stereocenters. The van der Waals surface area contributed by atoms with Crippen molar-refractivity contribution in [2.45, 2.75) is 12.2 Å². The largest absolute Gasteiger partial charge is 0.479 e. The zero-order valence-corrected chi connectivity index (χ0v) is 12.5. The van der Waals surface area contributed by atoms with Crippen LogP contribution in [0.3, 0.4) is 0 Å². The molecule has 1 heterocycles. The standard InChI is InChI=1S/C4H4O5.2K/c5-3(6)1-2(9-1)4(7)8;;/h1-2H,(H,5,6)(H,7,8);;. The van der Waals surface area contributed by atoms with Gasteiger partial charge in [0, 0.05) is 103 Å². The zero-order valence-electron chi connectivity index (χ0n) is 6.27. The number of carboxylic acids is 2.